The van der Waals surface area contributed by atoms with Crippen LogP contribution >= 0.6 is 11.5 Å². The lowest BCUT2D eigenvalue weighted by Gasteiger charge is -2.23. The largest absolute Gasteiger partial charge is 0.382 e. The Bertz CT molecular complexity index is 553. The number of hydrogen-bond donors (Lipinski definition) is 2. The number of nitrogens with two attached hydrogens (primary N) is 1. The van der Waals surface area contributed by atoms with Gasteiger partial charge in [-0.15, -0.1) is 0 Å². The lowest BCUT2D eigenvalue weighted by Crippen LogP contribution is -2.32. The van der Waals surface area contributed by atoms with Gasteiger partial charge in [-0.1, -0.05) is 37.3 Å². The SMILES string of the molecule is CCC(C)N(C)CCNc1snc(N)c1-c1ccccc1. The van der Waals surface area contributed by atoms with Crippen molar-refractivity contribution >= 4 is 22.4 Å². The molecule has 1 unspecified atom stereocenters. The van der Waals surface area contributed by atoms with Crippen molar-refractivity contribution in [3.8, 4) is 11.1 Å². The van der Waals surface area contributed by atoms with Crippen molar-refractivity contribution in [3.05, 3.63) is 30.3 Å². The second-order valence-corrected chi connectivity index (χ2v) is 6.08. The predicted octanol–water partition coefficient (Wildman–Crippen LogP) is 3.53. The maximum atomic E-state index is 6.02. The van der Waals surface area contributed by atoms with Gasteiger partial charge in [-0.2, -0.15) is 4.37 Å². The first kappa shape index (κ1) is 15.8. The van der Waals surface area contributed by atoms with E-state index in [0.29, 0.717) is 11.9 Å². The number of likely N-dealkylation sites (N-methyl/N-ethyl adjacent to an activating group) is 1. The van der Waals surface area contributed by atoms with Crippen molar-refractivity contribution in [1.82, 2.24) is 9.27 Å². The summed E-state index contributed by atoms with van der Waals surface area (Å²) in [6, 6.07) is 10.8. The fourth-order valence-electron chi connectivity index (χ4n) is 2.18. The number of aromatic nitrogens is 1. The van der Waals surface area contributed by atoms with Gasteiger partial charge in [0.2, 0.25) is 0 Å². The van der Waals surface area contributed by atoms with Gasteiger partial charge in [0, 0.05) is 19.1 Å². The number of rotatable bonds is 7. The standard InChI is InChI=1S/C16H24N4S/c1-4-12(2)20(3)11-10-18-16-14(15(17)19-21-16)13-8-6-5-7-9-13/h5-9,12,18H,4,10-11H2,1-3H3,(H2,17,19). The molecule has 0 amide bonds. The number of benzene rings is 1. The monoisotopic (exact) mass is 304 g/mol. The maximum absolute atomic E-state index is 6.02. The van der Waals surface area contributed by atoms with Gasteiger partial charge in [0.1, 0.15) is 10.8 Å². The Balaban J connectivity index is 2.02. The summed E-state index contributed by atoms with van der Waals surface area (Å²) in [6.45, 7) is 6.36. The molecule has 2 aromatic rings. The summed E-state index contributed by atoms with van der Waals surface area (Å²) in [5.74, 6) is 0.601. The van der Waals surface area contributed by atoms with Gasteiger partial charge in [0.05, 0.1) is 5.56 Å². The average molecular weight is 304 g/mol. The zero-order chi connectivity index (χ0) is 15.2. The molecule has 4 nitrogen and oxygen atoms in total. The molecule has 1 heterocycles. The summed E-state index contributed by atoms with van der Waals surface area (Å²) >= 11 is 1.43. The van der Waals surface area contributed by atoms with Crippen LogP contribution in [0, 0.1) is 0 Å². The molecule has 1 aromatic carbocycles. The van der Waals surface area contributed by atoms with Gasteiger partial charge < -0.3 is 16.0 Å². The molecular formula is C16H24N4S. The lowest BCUT2D eigenvalue weighted by atomic mass is 10.1. The molecule has 0 aliphatic heterocycles. The van der Waals surface area contributed by atoms with Gasteiger partial charge >= 0.3 is 0 Å². The van der Waals surface area contributed by atoms with E-state index in [9.17, 15) is 0 Å². The number of nitrogens with zero attached hydrogens (tertiary/aromatic N) is 2. The summed E-state index contributed by atoms with van der Waals surface area (Å²) in [4.78, 5) is 2.36. The zero-order valence-corrected chi connectivity index (χ0v) is 13.8. The van der Waals surface area contributed by atoms with E-state index >= 15 is 0 Å². The molecule has 1 atom stereocenters. The summed E-state index contributed by atoms with van der Waals surface area (Å²) in [6.07, 6.45) is 1.17. The van der Waals surface area contributed by atoms with E-state index in [1.54, 1.807) is 0 Å². The molecule has 0 bridgehead atoms. The molecule has 0 radical (unpaired) electrons. The van der Waals surface area contributed by atoms with E-state index in [1.807, 2.05) is 18.2 Å². The minimum Gasteiger partial charge on any atom is -0.382 e. The Morgan fingerprint density at radius 1 is 1.33 bits per heavy atom. The molecule has 1 aromatic heterocycles. The number of anilines is 2. The first-order valence-corrected chi connectivity index (χ1v) is 8.15. The normalized spacial score (nSPS) is 12.6. The van der Waals surface area contributed by atoms with Crippen LogP contribution in [-0.2, 0) is 0 Å². The van der Waals surface area contributed by atoms with Gasteiger partial charge in [0.25, 0.3) is 0 Å². The van der Waals surface area contributed by atoms with Crippen LogP contribution in [0.4, 0.5) is 10.8 Å². The van der Waals surface area contributed by atoms with Crippen LogP contribution in [0.1, 0.15) is 20.3 Å². The third kappa shape index (κ3) is 3.95. The highest BCUT2D eigenvalue weighted by Crippen LogP contribution is 2.36. The van der Waals surface area contributed by atoms with Gasteiger partial charge in [-0.25, -0.2) is 0 Å². The van der Waals surface area contributed by atoms with Crippen molar-refractivity contribution in [2.75, 3.05) is 31.2 Å². The van der Waals surface area contributed by atoms with Gasteiger partial charge in [-0.3, -0.25) is 0 Å². The summed E-state index contributed by atoms with van der Waals surface area (Å²) in [5.41, 5.74) is 8.16. The molecule has 0 spiro atoms. The predicted molar refractivity (Wildman–Crippen MR) is 92.8 cm³/mol. The Morgan fingerprint density at radius 3 is 2.71 bits per heavy atom. The highest BCUT2D eigenvalue weighted by Gasteiger charge is 2.13. The van der Waals surface area contributed by atoms with Crippen LogP contribution in [0.5, 0.6) is 0 Å². The van der Waals surface area contributed by atoms with Crippen molar-refractivity contribution < 1.29 is 0 Å². The van der Waals surface area contributed by atoms with Crippen LogP contribution in [-0.4, -0.2) is 35.5 Å². The minimum absolute atomic E-state index is 0.601. The molecule has 114 valence electrons. The number of nitrogen functional groups attached to an aromatic ring is 1. The van der Waals surface area contributed by atoms with Crippen molar-refractivity contribution in [3.63, 3.8) is 0 Å². The Hall–Kier alpha value is -1.59. The first-order chi connectivity index (χ1) is 10.1. The molecule has 5 heteroatoms. The molecule has 3 N–H and O–H groups in total. The minimum atomic E-state index is 0.601. The molecule has 0 saturated heterocycles. The van der Waals surface area contributed by atoms with Crippen LogP contribution in [0.2, 0.25) is 0 Å². The Morgan fingerprint density at radius 2 is 2.05 bits per heavy atom. The fraction of sp³-hybridized carbons (Fsp3) is 0.438. The summed E-state index contributed by atoms with van der Waals surface area (Å²) in [7, 11) is 2.16. The molecule has 0 fully saturated rings. The summed E-state index contributed by atoms with van der Waals surface area (Å²) in [5, 5.41) is 4.53. The lowest BCUT2D eigenvalue weighted by molar-refractivity contribution is 0.261. The van der Waals surface area contributed by atoms with E-state index in [1.165, 1.54) is 18.0 Å². The van der Waals surface area contributed by atoms with Gasteiger partial charge in [0.15, 0.2) is 0 Å². The molecule has 2 rings (SSSR count). The van der Waals surface area contributed by atoms with Crippen LogP contribution in [0.3, 0.4) is 0 Å². The first-order valence-electron chi connectivity index (χ1n) is 7.38. The van der Waals surface area contributed by atoms with E-state index in [4.69, 9.17) is 5.73 Å². The second-order valence-electron chi connectivity index (χ2n) is 5.30. The fourth-order valence-corrected chi connectivity index (χ4v) is 2.95. The zero-order valence-electron chi connectivity index (χ0n) is 13.0. The van der Waals surface area contributed by atoms with Crippen molar-refractivity contribution in [2.45, 2.75) is 26.3 Å². The van der Waals surface area contributed by atoms with E-state index < -0.39 is 0 Å². The summed E-state index contributed by atoms with van der Waals surface area (Å²) < 4.78 is 4.29. The highest BCUT2D eigenvalue weighted by atomic mass is 32.1. The average Bonchev–Trinajstić information content (AvgIpc) is 2.88. The van der Waals surface area contributed by atoms with E-state index in [0.717, 1.165) is 29.2 Å². The highest BCUT2D eigenvalue weighted by molar-refractivity contribution is 7.11. The third-order valence-corrected chi connectivity index (χ3v) is 4.69. The molecule has 0 aliphatic rings. The molecule has 21 heavy (non-hydrogen) atoms. The Kier molecular flexibility index (Phi) is 5.59. The van der Waals surface area contributed by atoms with Crippen LogP contribution < -0.4 is 11.1 Å². The van der Waals surface area contributed by atoms with E-state index in [2.05, 4.69) is 47.6 Å². The van der Waals surface area contributed by atoms with Crippen molar-refractivity contribution in [1.29, 1.82) is 0 Å². The van der Waals surface area contributed by atoms with E-state index in [-0.39, 0.29) is 0 Å². The molecular weight excluding hydrogens is 280 g/mol. The smallest absolute Gasteiger partial charge is 0.147 e. The Labute approximate surface area is 131 Å². The number of nitrogens with one attached hydrogen (secondary N) is 1. The van der Waals surface area contributed by atoms with Crippen LogP contribution in [0.15, 0.2) is 30.3 Å². The molecule has 0 aliphatic carbocycles. The molecule has 0 saturated carbocycles. The quantitative estimate of drug-likeness (QED) is 0.821. The van der Waals surface area contributed by atoms with Gasteiger partial charge in [-0.05, 0) is 37.5 Å². The topological polar surface area (TPSA) is 54.2 Å². The second kappa shape index (κ2) is 7.43. The van der Waals surface area contributed by atoms with Crippen LogP contribution in [0.25, 0.3) is 11.1 Å². The maximum Gasteiger partial charge on any atom is 0.147 e. The van der Waals surface area contributed by atoms with Crippen molar-refractivity contribution in [2.24, 2.45) is 0 Å². The number of hydrogen-bond acceptors (Lipinski definition) is 5. The third-order valence-electron chi connectivity index (χ3n) is 3.87.